The van der Waals surface area contributed by atoms with Crippen LogP contribution in [-0.2, 0) is 11.3 Å². The molecule has 80 valence electrons. The molecule has 0 radical (unpaired) electrons. The van der Waals surface area contributed by atoms with E-state index in [1.165, 1.54) is 5.56 Å². The SMILES string of the molecule is CC1(C)CC(=O)CN1Cc1ccncc1. The van der Waals surface area contributed by atoms with Gasteiger partial charge < -0.3 is 0 Å². The van der Waals surface area contributed by atoms with E-state index in [0.717, 1.165) is 6.54 Å². The van der Waals surface area contributed by atoms with Crippen LogP contribution in [0.2, 0.25) is 0 Å². The second-order valence-corrected chi connectivity index (χ2v) is 4.74. The number of pyridine rings is 1. The summed E-state index contributed by atoms with van der Waals surface area (Å²) in [6.45, 7) is 5.66. The molecule has 3 heteroatoms. The average molecular weight is 204 g/mol. The topological polar surface area (TPSA) is 33.2 Å². The van der Waals surface area contributed by atoms with Crippen molar-refractivity contribution < 1.29 is 4.79 Å². The Hall–Kier alpha value is -1.22. The Bertz CT molecular complexity index is 359. The van der Waals surface area contributed by atoms with Crippen molar-refractivity contribution in [2.45, 2.75) is 32.4 Å². The smallest absolute Gasteiger partial charge is 0.148 e. The van der Waals surface area contributed by atoms with Crippen LogP contribution < -0.4 is 0 Å². The first-order chi connectivity index (χ1) is 7.08. The summed E-state index contributed by atoms with van der Waals surface area (Å²) in [4.78, 5) is 17.6. The summed E-state index contributed by atoms with van der Waals surface area (Å²) in [7, 11) is 0. The minimum absolute atomic E-state index is 0.000351. The number of Topliss-reactive ketones (excluding diaryl/α,β-unsaturated/α-hetero) is 1. The van der Waals surface area contributed by atoms with Crippen molar-refractivity contribution in [3.63, 3.8) is 0 Å². The number of hydrogen-bond acceptors (Lipinski definition) is 3. The van der Waals surface area contributed by atoms with Crippen LogP contribution >= 0.6 is 0 Å². The third-order valence-electron chi connectivity index (χ3n) is 2.98. The van der Waals surface area contributed by atoms with E-state index in [0.29, 0.717) is 18.7 Å². The molecule has 2 heterocycles. The Labute approximate surface area is 90.1 Å². The lowest BCUT2D eigenvalue weighted by molar-refractivity contribution is -0.117. The first-order valence-corrected chi connectivity index (χ1v) is 5.23. The second-order valence-electron chi connectivity index (χ2n) is 4.74. The molecule has 1 aliphatic rings. The quantitative estimate of drug-likeness (QED) is 0.734. The summed E-state index contributed by atoms with van der Waals surface area (Å²) in [5.41, 5.74) is 1.22. The Balaban J connectivity index is 2.10. The molecule has 0 N–H and O–H groups in total. The molecule has 1 aromatic rings. The zero-order chi connectivity index (χ0) is 10.9. The first kappa shape index (κ1) is 10.3. The molecule has 2 rings (SSSR count). The van der Waals surface area contributed by atoms with Crippen LogP contribution in [0.5, 0.6) is 0 Å². The third kappa shape index (κ3) is 2.23. The van der Waals surface area contributed by atoms with Crippen LogP contribution in [0.1, 0.15) is 25.8 Å². The third-order valence-corrected chi connectivity index (χ3v) is 2.98. The summed E-state index contributed by atoms with van der Waals surface area (Å²) >= 11 is 0. The van der Waals surface area contributed by atoms with E-state index in [9.17, 15) is 4.79 Å². The highest BCUT2D eigenvalue weighted by atomic mass is 16.1. The largest absolute Gasteiger partial charge is 0.298 e. The highest BCUT2D eigenvalue weighted by molar-refractivity contribution is 5.84. The predicted molar refractivity (Wildman–Crippen MR) is 58.4 cm³/mol. The second kappa shape index (κ2) is 3.74. The molecule has 0 aromatic carbocycles. The van der Waals surface area contributed by atoms with Gasteiger partial charge in [0.2, 0.25) is 0 Å². The van der Waals surface area contributed by atoms with Gasteiger partial charge in [-0.05, 0) is 31.5 Å². The fraction of sp³-hybridized carbons (Fsp3) is 0.500. The van der Waals surface area contributed by atoms with Crippen molar-refractivity contribution in [1.82, 2.24) is 9.88 Å². The summed E-state index contributed by atoms with van der Waals surface area (Å²) in [6.07, 6.45) is 4.25. The van der Waals surface area contributed by atoms with E-state index in [1.54, 1.807) is 12.4 Å². The zero-order valence-corrected chi connectivity index (χ0v) is 9.23. The Kier molecular flexibility index (Phi) is 2.57. The molecule has 0 amide bonds. The van der Waals surface area contributed by atoms with Gasteiger partial charge in [0.15, 0.2) is 0 Å². The lowest BCUT2D eigenvalue weighted by Crippen LogP contribution is -2.37. The molecule has 15 heavy (non-hydrogen) atoms. The van der Waals surface area contributed by atoms with Gasteiger partial charge >= 0.3 is 0 Å². The normalized spacial score (nSPS) is 20.8. The van der Waals surface area contributed by atoms with Gasteiger partial charge in [-0.2, -0.15) is 0 Å². The Morgan fingerprint density at radius 1 is 1.40 bits per heavy atom. The van der Waals surface area contributed by atoms with E-state index in [4.69, 9.17) is 0 Å². The van der Waals surface area contributed by atoms with Gasteiger partial charge in [-0.3, -0.25) is 14.7 Å². The molecule has 1 saturated heterocycles. The van der Waals surface area contributed by atoms with Crippen molar-refractivity contribution in [3.8, 4) is 0 Å². The molecule has 0 spiro atoms. The summed E-state index contributed by atoms with van der Waals surface area (Å²) in [5, 5.41) is 0. The van der Waals surface area contributed by atoms with Gasteiger partial charge in [-0.1, -0.05) is 0 Å². The molecule has 1 aromatic heterocycles. The Morgan fingerprint density at radius 2 is 2.07 bits per heavy atom. The molecular weight excluding hydrogens is 188 g/mol. The summed E-state index contributed by atoms with van der Waals surface area (Å²) < 4.78 is 0. The number of likely N-dealkylation sites (tertiary alicyclic amines) is 1. The molecule has 0 atom stereocenters. The molecule has 0 unspecified atom stereocenters. The molecule has 0 saturated carbocycles. The van der Waals surface area contributed by atoms with E-state index in [1.807, 2.05) is 12.1 Å². The molecule has 1 fully saturated rings. The minimum Gasteiger partial charge on any atom is -0.298 e. The first-order valence-electron chi connectivity index (χ1n) is 5.23. The maximum Gasteiger partial charge on any atom is 0.148 e. The van der Waals surface area contributed by atoms with E-state index in [2.05, 4.69) is 23.7 Å². The number of carbonyl (C=O) groups is 1. The van der Waals surface area contributed by atoms with Gasteiger partial charge in [-0.25, -0.2) is 0 Å². The maximum absolute atomic E-state index is 11.4. The molecular formula is C12H16N2O. The number of aromatic nitrogens is 1. The van der Waals surface area contributed by atoms with Crippen molar-refractivity contribution in [2.75, 3.05) is 6.54 Å². The van der Waals surface area contributed by atoms with Crippen LogP contribution in [0.3, 0.4) is 0 Å². The number of ketones is 1. The standard InChI is InChI=1S/C12H16N2O/c1-12(2)7-11(15)9-14(12)8-10-3-5-13-6-4-10/h3-6H,7-9H2,1-2H3. The molecule has 1 aliphatic heterocycles. The lowest BCUT2D eigenvalue weighted by atomic mass is 10.0. The lowest BCUT2D eigenvalue weighted by Gasteiger charge is -2.30. The van der Waals surface area contributed by atoms with Gasteiger partial charge in [0.1, 0.15) is 5.78 Å². The van der Waals surface area contributed by atoms with Gasteiger partial charge in [0.05, 0.1) is 6.54 Å². The van der Waals surface area contributed by atoms with Gasteiger partial charge in [-0.15, -0.1) is 0 Å². The summed E-state index contributed by atoms with van der Waals surface area (Å²) in [6, 6.07) is 4.00. The Morgan fingerprint density at radius 3 is 2.60 bits per heavy atom. The van der Waals surface area contributed by atoms with Crippen molar-refractivity contribution in [3.05, 3.63) is 30.1 Å². The van der Waals surface area contributed by atoms with Gasteiger partial charge in [0, 0.05) is 30.9 Å². The number of nitrogens with zero attached hydrogens (tertiary/aromatic N) is 2. The van der Waals surface area contributed by atoms with Crippen LogP contribution in [0.25, 0.3) is 0 Å². The number of hydrogen-bond donors (Lipinski definition) is 0. The van der Waals surface area contributed by atoms with Crippen molar-refractivity contribution in [2.24, 2.45) is 0 Å². The molecule has 3 nitrogen and oxygen atoms in total. The fourth-order valence-corrected chi connectivity index (χ4v) is 2.06. The van der Waals surface area contributed by atoms with Gasteiger partial charge in [0.25, 0.3) is 0 Å². The van der Waals surface area contributed by atoms with Crippen LogP contribution in [-0.4, -0.2) is 27.8 Å². The monoisotopic (exact) mass is 204 g/mol. The predicted octanol–water partition coefficient (Wildman–Crippen LogP) is 1.64. The highest BCUT2D eigenvalue weighted by Gasteiger charge is 2.36. The van der Waals surface area contributed by atoms with Crippen molar-refractivity contribution >= 4 is 5.78 Å². The van der Waals surface area contributed by atoms with Crippen LogP contribution in [0.4, 0.5) is 0 Å². The molecule has 0 bridgehead atoms. The van der Waals surface area contributed by atoms with E-state index < -0.39 is 0 Å². The summed E-state index contributed by atoms with van der Waals surface area (Å²) in [5.74, 6) is 0.342. The van der Waals surface area contributed by atoms with E-state index >= 15 is 0 Å². The highest BCUT2D eigenvalue weighted by Crippen LogP contribution is 2.27. The number of rotatable bonds is 2. The fourth-order valence-electron chi connectivity index (χ4n) is 2.06. The minimum atomic E-state index is 0.000351. The van der Waals surface area contributed by atoms with E-state index in [-0.39, 0.29) is 5.54 Å². The average Bonchev–Trinajstić information content (AvgIpc) is 2.41. The van der Waals surface area contributed by atoms with Crippen LogP contribution in [0.15, 0.2) is 24.5 Å². The zero-order valence-electron chi connectivity index (χ0n) is 9.23. The maximum atomic E-state index is 11.4. The number of carbonyl (C=O) groups excluding carboxylic acids is 1. The van der Waals surface area contributed by atoms with Crippen LogP contribution in [0, 0.1) is 0 Å². The molecule has 0 aliphatic carbocycles. The van der Waals surface area contributed by atoms with Crippen molar-refractivity contribution in [1.29, 1.82) is 0 Å².